The largest absolute Gasteiger partial charge is 0.357 e. The lowest BCUT2D eigenvalue weighted by atomic mass is 10.3. The summed E-state index contributed by atoms with van der Waals surface area (Å²) in [6.07, 6.45) is 2.13. The van der Waals surface area contributed by atoms with E-state index in [9.17, 15) is 8.42 Å². The highest BCUT2D eigenvalue weighted by Gasteiger charge is 2.18. The van der Waals surface area contributed by atoms with Crippen LogP contribution >= 0.6 is 0 Å². The molecule has 0 aromatic carbocycles. The normalized spacial score (nSPS) is 12.8. The Morgan fingerprint density at radius 2 is 1.75 bits per heavy atom. The van der Waals surface area contributed by atoms with Crippen molar-refractivity contribution in [3.8, 4) is 0 Å². The second-order valence-corrected chi connectivity index (χ2v) is 6.53. The van der Waals surface area contributed by atoms with Gasteiger partial charge in [-0.25, -0.2) is 12.7 Å². The molecule has 0 fully saturated rings. The zero-order valence-corrected chi connectivity index (χ0v) is 14.1. The van der Waals surface area contributed by atoms with E-state index in [4.69, 9.17) is 0 Å². The van der Waals surface area contributed by atoms with Gasteiger partial charge in [0, 0.05) is 32.7 Å². The minimum atomic E-state index is -3.17. The van der Waals surface area contributed by atoms with Gasteiger partial charge in [-0.1, -0.05) is 27.2 Å². The first-order chi connectivity index (χ1) is 9.51. The van der Waals surface area contributed by atoms with Crippen LogP contribution in [-0.2, 0) is 10.0 Å². The van der Waals surface area contributed by atoms with Crippen molar-refractivity contribution in [2.24, 2.45) is 4.99 Å². The molecule has 0 aliphatic carbocycles. The molecule has 0 aromatic rings. The zero-order valence-electron chi connectivity index (χ0n) is 13.3. The molecule has 0 aliphatic rings. The van der Waals surface area contributed by atoms with Crippen LogP contribution < -0.4 is 10.6 Å². The Bertz CT molecular complexity index is 365. The molecule has 7 heteroatoms. The van der Waals surface area contributed by atoms with Crippen LogP contribution in [0.3, 0.4) is 0 Å². The van der Waals surface area contributed by atoms with Crippen LogP contribution in [0.5, 0.6) is 0 Å². The van der Waals surface area contributed by atoms with E-state index in [1.54, 1.807) is 0 Å². The smallest absolute Gasteiger partial charge is 0.215 e. The van der Waals surface area contributed by atoms with Gasteiger partial charge in [0.25, 0.3) is 0 Å². The number of rotatable bonds is 10. The predicted molar refractivity (Wildman–Crippen MR) is 85.6 cm³/mol. The lowest BCUT2D eigenvalue weighted by Crippen LogP contribution is -2.42. The predicted octanol–water partition coefficient (Wildman–Crippen LogP) is 1.01. The van der Waals surface area contributed by atoms with E-state index in [2.05, 4.69) is 22.5 Å². The summed E-state index contributed by atoms with van der Waals surface area (Å²) in [6, 6.07) is 0. The number of guanidine groups is 1. The lowest BCUT2D eigenvalue weighted by Gasteiger charge is -2.19. The fourth-order valence-corrected chi connectivity index (χ4v) is 3.14. The van der Waals surface area contributed by atoms with Gasteiger partial charge in [0.2, 0.25) is 10.0 Å². The second kappa shape index (κ2) is 10.9. The molecule has 0 atom stereocenters. The molecule has 0 saturated carbocycles. The highest BCUT2D eigenvalue weighted by Crippen LogP contribution is 1.99. The number of hydrogen-bond acceptors (Lipinski definition) is 3. The summed E-state index contributed by atoms with van der Waals surface area (Å²) in [4.78, 5) is 4.39. The Morgan fingerprint density at radius 3 is 2.25 bits per heavy atom. The van der Waals surface area contributed by atoms with E-state index in [1.165, 1.54) is 4.31 Å². The first kappa shape index (κ1) is 19.2. The first-order valence-corrected chi connectivity index (χ1v) is 9.12. The molecule has 120 valence electrons. The molecule has 0 aromatic heterocycles. The average molecular weight is 306 g/mol. The van der Waals surface area contributed by atoms with Crippen molar-refractivity contribution in [2.75, 3.05) is 38.5 Å². The van der Waals surface area contributed by atoms with Crippen molar-refractivity contribution in [3.05, 3.63) is 0 Å². The Labute approximate surface area is 124 Å². The minimum Gasteiger partial charge on any atom is -0.357 e. The van der Waals surface area contributed by atoms with E-state index < -0.39 is 10.0 Å². The molecule has 0 rings (SSSR count). The van der Waals surface area contributed by atoms with Crippen molar-refractivity contribution >= 4 is 16.0 Å². The van der Waals surface area contributed by atoms with Crippen molar-refractivity contribution in [1.82, 2.24) is 14.9 Å². The molecule has 0 saturated heterocycles. The topological polar surface area (TPSA) is 73.8 Å². The first-order valence-electron chi connectivity index (χ1n) is 7.51. The molecule has 0 spiro atoms. The third-order valence-corrected chi connectivity index (χ3v) is 4.90. The summed E-state index contributed by atoms with van der Waals surface area (Å²) in [7, 11) is -3.17. The summed E-state index contributed by atoms with van der Waals surface area (Å²) in [5, 5.41) is 6.19. The van der Waals surface area contributed by atoms with Gasteiger partial charge in [-0.15, -0.1) is 0 Å². The van der Waals surface area contributed by atoms with Gasteiger partial charge in [0.15, 0.2) is 5.96 Å². The van der Waals surface area contributed by atoms with E-state index in [0.717, 1.165) is 25.9 Å². The fourth-order valence-electron chi connectivity index (χ4n) is 1.74. The minimum absolute atomic E-state index is 0.0902. The highest BCUT2D eigenvalue weighted by atomic mass is 32.2. The van der Waals surface area contributed by atoms with Gasteiger partial charge in [0.05, 0.1) is 5.75 Å². The fraction of sp³-hybridized carbons (Fsp3) is 0.923. The van der Waals surface area contributed by atoms with E-state index >= 15 is 0 Å². The molecule has 0 aliphatic heterocycles. The molecule has 0 heterocycles. The third kappa shape index (κ3) is 7.69. The van der Waals surface area contributed by atoms with Gasteiger partial charge < -0.3 is 10.6 Å². The lowest BCUT2D eigenvalue weighted by molar-refractivity contribution is 0.445. The van der Waals surface area contributed by atoms with Crippen LogP contribution in [0, 0.1) is 0 Å². The summed E-state index contributed by atoms with van der Waals surface area (Å²) in [5.74, 6) is 0.781. The average Bonchev–Trinajstić information content (AvgIpc) is 2.39. The standard InChI is InChI=1S/C13H30N4O2S/c1-5-9-10-15-13(14-6-2)16-11-12-20(18,19)17(7-3)8-4/h5-12H2,1-4H3,(H2,14,15,16). The van der Waals surface area contributed by atoms with Crippen LogP contribution in [0.25, 0.3) is 0 Å². The highest BCUT2D eigenvalue weighted by molar-refractivity contribution is 7.89. The van der Waals surface area contributed by atoms with Gasteiger partial charge in [-0.2, -0.15) is 0 Å². The maximum Gasteiger partial charge on any atom is 0.215 e. The van der Waals surface area contributed by atoms with E-state index in [1.807, 2.05) is 20.8 Å². The Balaban J connectivity index is 4.32. The van der Waals surface area contributed by atoms with Crippen LogP contribution in [0.15, 0.2) is 4.99 Å². The molecule has 2 N–H and O–H groups in total. The van der Waals surface area contributed by atoms with Crippen LogP contribution in [-0.4, -0.2) is 57.2 Å². The molecule has 6 nitrogen and oxygen atoms in total. The molecule has 0 bridgehead atoms. The number of nitrogens with one attached hydrogen (secondary N) is 2. The maximum absolute atomic E-state index is 12.0. The van der Waals surface area contributed by atoms with Crippen LogP contribution in [0.4, 0.5) is 0 Å². The SMILES string of the molecule is CCCCN=C(NCC)NCCS(=O)(=O)N(CC)CC. The molecule has 0 radical (unpaired) electrons. The molecular formula is C13H30N4O2S. The van der Waals surface area contributed by atoms with Crippen LogP contribution in [0.1, 0.15) is 40.5 Å². The quantitative estimate of drug-likeness (QED) is 0.359. The summed E-state index contributed by atoms with van der Waals surface area (Å²) in [5.41, 5.74) is 0. The Hall–Kier alpha value is -0.820. The number of hydrogen-bond donors (Lipinski definition) is 2. The van der Waals surface area contributed by atoms with Crippen molar-refractivity contribution in [2.45, 2.75) is 40.5 Å². The second-order valence-electron chi connectivity index (χ2n) is 4.44. The third-order valence-electron chi connectivity index (χ3n) is 2.88. The number of nitrogens with zero attached hydrogens (tertiary/aromatic N) is 2. The molecule has 0 unspecified atom stereocenters. The van der Waals surface area contributed by atoms with Gasteiger partial charge in [-0.3, -0.25) is 4.99 Å². The Kier molecular flexibility index (Phi) is 10.5. The summed E-state index contributed by atoms with van der Waals surface area (Å²) < 4.78 is 25.5. The van der Waals surface area contributed by atoms with Crippen molar-refractivity contribution < 1.29 is 8.42 Å². The summed E-state index contributed by atoms with van der Waals surface area (Å²) >= 11 is 0. The Morgan fingerprint density at radius 1 is 1.10 bits per heavy atom. The van der Waals surface area contributed by atoms with Gasteiger partial charge in [-0.05, 0) is 13.3 Å². The monoisotopic (exact) mass is 306 g/mol. The summed E-state index contributed by atoms with van der Waals surface area (Å²) in [6.45, 7) is 10.7. The number of sulfonamides is 1. The number of aliphatic imine (C=N–C) groups is 1. The molecule has 20 heavy (non-hydrogen) atoms. The van der Waals surface area contributed by atoms with Gasteiger partial charge >= 0.3 is 0 Å². The molecule has 0 amide bonds. The maximum atomic E-state index is 12.0. The number of unbranched alkanes of at least 4 members (excludes halogenated alkanes) is 1. The van der Waals surface area contributed by atoms with Gasteiger partial charge in [0.1, 0.15) is 0 Å². The van der Waals surface area contributed by atoms with E-state index in [-0.39, 0.29) is 5.75 Å². The molecular weight excluding hydrogens is 276 g/mol. The van der Waals surface area contributed by atoms with E-state index in [0.29, 0.717) is 25.6 Å². The zero-order chi connectivity index (χ0) is 15.4. The van der Waals surface area contributed by atoms with Crippen LogP contribution in [0.2, 0.25) is 0 Å². The van der Waals surface area contributed by atoms with Crippen molar-refractivity contribution in [1.29, 1.82) is 0 Å². The van der Waals surface area contributed by atoms with Crippen molar-refractivity contribution in [3.63, 3.8) is 0 Å².